The van der Waals surface area contributed by atoms with Crippen LogP contribution in [0, 0.1) is 0 Å². The van der Waals surface area contributed by atoms with E-state index in [0.717, 1.165) is 5.56 Å². The maximum absolute atomic E-state index is 13.8. The number of carbonyl (C=O) groups excluding carboxylic acids is 3. The van der Waals surface area contributed by atoms with Crippen LogP contribution in [0.3, 0.4) is 0 Å². The van der Waals surface area contributed by atoms with Gasteiger partial charge in [-0.2, -0.15) is 0 Å². The summed E-state index contributed by atoms with van der Waals surface area (Å²) in [6.07, 6.45) is 0.616. The van der Waals surface area contributed by atoms with Crippen LogP contribution in [-0.2, 0) is 20.9 Å². The third kappa shape index (κ3) is 6.82. The fraction of sp³-hybridized carbons (Fsp3) is 0.258. The Labute approximate surface area is 238 Å². The van der Waals surface area contributed by atoms with Gasteiger partial charge in [-0.1, -0.05) is 48.0 Å². The minimum absolute atomic E-state index is 0.0895. The van der Waals surface area contributed by atoms with E-state index in [9.17, 15) is 14.4 Å². The quantitative estimate of drug-likeness (QED) is 0.172. The third-order valence-electron chi connectivity index (χ3n) is 6.03. The van der Waals surface area contributed by atoms with E-state index < -0.39 is 23.5 Å². The van der Waals surface area contributed by atoms with Crippen LogP contribution in [0.2, 0.25) is 5.02 Å². The number of ether oxygens (including phenoxy) is 2. The van der Waals surface area contributed by atoms with Crippen molar-refractivity contribution >= 4 is 40.8 Å². The van der Waals surface area contributed by atoms with Crippen molar-refractivity contribution in [3.05, 3.63) is 94.6 Å². The van der Waals surface area contributed by atoms with Crippen molar-refractivity contribution in [1.29, 1.82) is 0 Å². The van der Waals surface area contributed by atoms with E-state index in [-0.39, 0.29) is 18.8 Å². The summed E-state index contributed by atoms with van der Waals surface area (Å²) in [5, 5.41) is 4.01. The number of nitrogens with zero attached hydrogens (tertiary/aromatic N) is 1. The van der Waals surface area contributed by atoms with E-state index in [4.69, 9.17) is 21.1 Å². The molecule has 3 aromatic carbocycles. The van der Waals surface area contributed by atoms with Gasteiger partial charge in [-0.15, -0.1) is 0 Å². The molecule has 1 atom stereocenters. The lowest BCUT2D eigenvalue weighted by atomic mass is 9.98. The molecule has 4 rings (SSSR count). The van der Waals surface area contributed by atoms with Crippen molar-refractivity contribution < 1.29 is 23.9 Å². The number of H-pyrrole nitrogens is 1. The molecular formula is C31H32ClN3O5. The third-order valence-corrected chi connectivity index (χ3v) is 6.27. The molecule has 4 aromatic rings. The van der Waals surface area contributed by atoms with Crippen LogP contribution < -0.4 is 10.1 Å². The molecule has 0 radical (unpaired) electrons. The first kappa shape index (κ1) is 28.7. The first-order valence-electron chi connectivity index (χ1n) is 12.9. The van der Waals surface area contributed by atoms with E-state index in [1.807, 2.05) is 63.2 Å². The zero-order chi connectivity index (χ0) is 28.9. The maximum atomic E-state index is 13.8. The SMILES string of the molecule is CCOC(=O)c1[nH]c2cc(Cl)ccc2c1C(C(=O)NC(C)(C)C)N(C=O)Cc1ccc(Oc2ccccc2)cc1. The zero-order valence-electron chi connectivity index (χ0n) is 22.9. The molecule has 1 unspecified atom stereocenters. The molecule has 0 spiro atoms. The number of benzene rings is 3. The summed E-state index contributed by atoms with van der Waals surface area (Å²) in [5.41, 5.74) is 1.14. The highest BCUT2D eigenvalue weighted by molar-refractivity contribution is 6.31. The number of fused-ring (bicyclic) bond motifs is 1. The summed E-state index contributed by atoms with van der Waals surface area (Å²) in [7, 11) is 0. The molecule has 0 saturated heterocycles. The Morgan fingerprint density at radius 3 is 2.33 bits per heavy atom. The number of para-hydroxylation sites is 1. The molecule has 0 fully saturated rings. The molecule has 0 saturated carbocycles. The molecular weight excluding hydrogens is 530 g/mol. The summed E-state index contributed by atoms with van der Waals surface area (Å²) in [5.74, 6) is 0.263. The van der Waals surface area contributed by atoms with Gasteiger partial charge >= 0.3 is 5.97 Å². The number of hydrogen-bond donors (Lipinski definition) is 2. The molecule has 2 amide bonds. The second-order valence-corrected chi connectivity index (χ2v) is 10.7. The predicted molar refractivity (Wildman–Crippen MR) is 154 cm³/mol. The minimum atomic E-state index is -1.15. The highest BCUT2D eigenvalue weighted by Crippen LogP contribution is 2.35. The number of carbonyl (C=O) groups is 3. The highest BCUT2D eigenvalue weighted by atomic mass is 35.5. The fourth-order valence-corrected chi connectivity index (χ4v) is 4.59. The van der Waals surface area contributed by atoms with Gasteiger partial charge in [-0.25, -0.2) is 4.79 Å². The van der Waals surface area contributed by atoms with E-state index >= 15 is 0 Å². The van der Waals surface area contributed by atoms with E-state index in [2.05, 4.69) is 10.3 Å². The largest absolute Gasteiger partial charge is 0.461 e. The Morgan fingerprint density at radius 2 is 1.70 bits per heavy atom. The Bertz CT molecular complexity index is 1490. The van der Waals surface area contributed by atoms with Crippen LogP contribution in [-0.4, -0.2) is 40.3 Å². The van der Waals surface area contributed by atoms with E-state index in [0.29, 0.717) is 39.4 Å². The zero-order valence-corrected chi connectivity index (χ0v) is 23.6. The first-order chi connectivity index (χ1) is 19.1. The van der Waals surface area contributed by atoms with Crippen LogP contribution in [0.25, 0.3) is 10.9 Å². The number of esters is 1. The number of rotatable bonds is 10. The second kappa shape index (κ2) is 12.3. The van der Waals surface area contributed by atoms with Crippen LogP contribution in [0.15, 0.2) is 72.8 Å². The smallest absolute Gasteiger partial charge is 0.355 e. The van der Waals surface area contributed by atoms with Gasteiger partial charge in [0.2, 0.25) is 12.3 Å². The Hall–Kier alpha value is -4.30. The van der Waals surface area contributed by atoms with Crippen LogP contribution in [0.5, 0.6) is 11.5 Å². The fourth-order valence-electron chi connectivity index (χ4n) is 4.41. The van der Waals surface area contributed by atoms with Gasteiger partial charge in [0, 0.05) is 33.6 Å². The van der Waals surface area contributed by atoms with E-state index in [1.165, 1.54) is 4.90 Å². The van der Waals surface area contributed by atoms with Gasteiger partial charge in [0.25, 0.3) is 0 Å². The molecule has 0 bridgehead atoms. The van der Waals surface area contributed by atoms with E-state index in [1.54, 1.807) is 37.3 Å². The normalized spacial score (nSPS) is 12.0. The molecule has 9 heteroatoms. The second-order valence-electron chi connectivity index (χ2n) is 10.3. The number of hydrogen-bond acceptors (Lipinski definition) is 5. The molecule has 208 valence electrons. The molecule has 40 heavy (non-hydrogen) atoms. The van der Waals surface area contributed by atoms with Gasteiger partial charge in [0.15, 0.2) is 0 Å². The molecule has 0 aliphatic heterocycles. The summed E-state index contributed by atoms with van der Waals surface area (Å²) in [4.78, 5) is 43.9. The summed E-state index contributed by atoms with van der Waals surface area (Å²) in [6, 6.07) is 20.6. The van der Waals surface area contributed by atoms with Crippen molar-refractivity contribution in [2.75, 3.05) is 6.61 Å². The molecule has 0 aliphatic carbocycles. The summed E-state index contributed by atoms with van der Waals surface area (Å²) >= 11 is 6.22. The van der Waals surface area contributed by atoms with Crippen LogP contribution in [0.1, 0.15) is 55.4 Å². The number of aromatic amines is 1. The molecule has 0 aliphatic rings. The van der Waals surface area contributed by atoms with Crippen molar-refractivity contribution in [1.82, 2.24) is 15.2 Å². The summed E-state index contributed by atoms with van der Waals surface area (Å²) < 4.78 is 11.2. The van der Waals surface area contributed by atoms with Crippen molar-refractivity contribution in [2.24, 2.45) is 0 Å². The maximum Gasteiger partial charge on any atom is 0.355 e. The number of aromatic nitrogens is 1. The topological polar surface area (TPSA) is 101 Å². The van der Waals surface area contributed by atoms with Gasteiger partial charge < -0.3 is 24.7 Å². The molecule has 1 aromatic heterocycles. The van der Waals surface area contributed by atoms with Gasteiger partial charge in [0.1, 0.15) is 23.2 Å². The van der Waals surface area contributed by atoms with Crippen molar-refractivity contribution in [2.45, 2.75) is 45.8 Å². The number of nitrogens with one attached hydrogen (secondary N) is 2. The standard InChI is InChI=1S/C31H32ClN3O5/c1-5-39-30(38)27-26(24-16-13-21(32)17-25(24)33-27)28(29(37)34-31(2,3)4)35(19-36)18-20-11-14-23(15-12-20)40-22-9-7-6-8-10-22/h6-17,19,28,33H,5,18H2,1-4H3,(H,34,37). The van der Waals surface area contributed by atoms with Gasteiger partial charge in [-0.05, 0) is 69.7 Å². The van der Waals surface area contributed by atoms with Gasteiger partial charge in [0.05, 0.1) is 6.61 Å². The monoisotopic (exact) mass is 561 g/mol. The van der Waals surface area contributed by atoms with Crippen molar-refractivity contribution in [3.8, 4) is 11.5 Å². The van der Waals surface area contributed by atoms with Crippen molar-refractivity contribution in [3.63, 3.8) is 0 Å². The lowest BCUT2D eigenvalue weighted by Gasteiger charge is -2.31. The molecule has 1 heterocycles. The minimum Gasteiger partial charge on any atom is -0.461 e. The van der Waals surface area contributed by atoms with Crippen LogP contribution >= 0.6 is 11.6 Å². The lowest BCUT2D eigenvalue weighted by Crippen LogP contribution is -2.47. The first-order valence-corrected chi connectivity index (χ1v) is 13.3. The number of halogens is 1. The highest BCUT2D eigenvalue weighted by Gasteiger charge is 2.36. The predicted octanol–water partition coefficient (Wildman–Crippen LogP) is 6.40. The lowest BCUT2D eigenvalue weighted by molar-refractivity contribution is -0.134. The molecule has 2 N–H and O–H groups in total. The summed E-state index contributed by atoms with van der Waals surface area (Å²) in [6.45, 7) is 7.48. The molecule has 8 nitrogen and oxygen atoms in total. The Morgan fingerprint density at radius 1 is 1.02 bits per heavy atom. The average Bonchev–Trinajstić information content (AvgIpc) is 3.27. The average molecular weight is 562 g/mol. The van der Waals surface area contributed by atoms with Crippen LogP contribution in [0.4, 0.5) is 0 Å². The Kier molecular flexibility index (Phi) is 8.80. The Balaban J connectivity index is 1.75. The number of amides is 2. The van der Waals surface area contributed by atoms with Gasteiger partial charge in [-0.3, -0.25) is 9.59 Å².